The molecule has 0 amide bonds. The Bertz CT molecular complexity index is 1710. The molecule has 37 heavy (non-hydrogen) atoms. The van der Waals surface area contributed by atoms with E-state index in [0.29, 0.717) is 5.82 Å². The second-order valence-corrected chi connectivity index (χ2v) is 11.5. The van der Waals surface area contributed by atoms with Gasteiger partial charge in [0.15, 0.2) is 0 Å². The molecule has 0 atom stereocenters. The normalized spacial score (nSPS) is 13.1. The van der Waals surface area contributed by atoms with Crippen molar-refractivity contribution in [1.82, 2.24) is 14.5 Å². The van der Waals surface area contributed by atoms with Gasteiger partial charge in [-0.05, 0) is 87.6 Å². The van der Waals surface area contributed by atoms with Crippen LogP contribution in [0, 0.1) is 24.0 Å². The molecule has 0 saturated carbocycles. The number of hydrogen-bond donors (Lipinski definition) is 1. The van der Waals surface area contributed by atoms with Crippen LogP contribution < -0.4 is 5.56 Å². The van der Waals surface area contributed by atoms with Gasteiger partial charge in [-0.2, -0.15) is 0 Å². The Morgan fingerprint density at radius 2 is 1.70 bits per heavy atom. The number of non-ortho nitro benzene ring substituents is 1. The van der Waals surface area contributed by atoms with Gasteiger partial charge in [-0.25, -0.2) is 4.98 Å². The van der Waals surface area contributed by atoms with Crippen LogP contribution in [0.4, 0.5) is 5.69 Å². The topological polar surface area (TPSA) is 93.8 Å². The van der Waals surface area contributed by atoms with Crippen molar-refractivity contribution in [2.24, 2.45) is 0 Å². The molecule has 0 bridgehead atoms. The van der Waals surface area contributed by atoms with E-state index in [-0.39, 0.29) is 11.2 Å². The van der Waals surface area contributed by atoms with E-state index in [2.05, 4.69) is 34.7 Å². The summed E-state index contributed by atoms with van der Waals surface area (Å²) in [6, 6.07) is 16.8. The summed E-state index contributed by atoms with van der Waals surface area (Å²) in [7, 11) is 0. The number of hydrogen-bond acceptors (Lipinski definition) is 6. The molecule has 6 rings (SSSR count). The van der Waals surface area contributed by atoms with Crippen molar-refractivity contribution in [1.29, 1.82) is 0 Å². The van der Waals surface area contributed by atoms with Gasteiger partial charge in [0.2, 0.25) is 0 Å². The number of aromatic nitrogens is 3. The van der Waals surface area contributed by atoms with Crippen LogP contribution in [0.5, 0.6) is 0 Å². The first-order valence-electron chi connectivity index (χ1n) is 12.2. The maximum Gasteiger partial charge on any atom is 0.269 e. The van der Waals surface area contributed by atoms with E-state index in [1.54, 1.807) is 35.2 Å². The van der Waals surface area contributed by atoms with Gasteiger partial charge < -0.3 is 9.55 Å². The first-order valence-corrected chi connectivity index (χ1v) is 13.8. The maximum absolute atomic E-state index is 13.1. The van der Waals surface area contributed by atoms with Gasteiger partial charge in [0.25, 0.3) is 11.2 Å². The van der Waals surface area contributed by atoms with Crippen LogP contribution in [0.1, 0.15) is 34.7 Å². The standard InChI is InChI=1S/C28H24N4O3S2/c1-16-15-23(26-29-27(33)25-22-5-3-4-6-24(22)37-28(25)30-26)17(2)31(16)18-7-11-20(12-8-18)36-21-13-9-19(10-14-21)32(34)35/h7-15H,3-6H2,1-2H3,(H,29,30,33). The second kappa shape index (κ2) is 9.32. The van der Waals surface area contributed by atoms with E-state index in [1.165, 1.54) is 29.0 Å². The predicted molar refractivity (Wildman–Crippen MR) is 148 cm³/mol. The first kappa shape index (κ1) is 23.7. The molecule has 0 radical (unpaired) electrons. The fourth-order valence-electron chi connectivity index (χ4n) is 5.13. The van der Waals surface area contributed by atoms with E-state index in [9.17, 15) is 14.9 Å². The van der Waals surface area contributed by atoms with E-state index in [1.807, 2.05) is 19.1 Å². The lowest BCUT2D eigenvalue weighted by Gasteiger charge is -2.11. The number of fused-ring (bicyclic) bond motifs is 3. The molecule has 0 fully saturated rings. The molecule has 1 N–H and O–H groups in total. The van der Waals surface area contributed by atoms with Crippen molar-refractivity contribution in [3.63, 3.8) is 0 Å². The Morgan fingerprint density at radius 3 is 2.41 bits per heavy atom. The average Bonchev–Trinajstić information content (AvgIpc) is 3.41. The van der Waals surface area contributed by atoms with E-state index in [0.717, 1.165) is 61.9 Å². The van der Waals surface area contributed by atoms with Crippen LogP contribution in [0.15, 0.2) is 69.2 Å². The van der Waals surface area contributed by atoms with Crippen molar-refractivity contribution in [2.75, 3.05) is 0 Å². The zero-order valence-electron chi connectivity index (χ0n) is 20.4. The third-order valence-corrected chi connectivity index (χ3v) is 9.09. The largest absolute Gasteiger partial charge is 0.318 e. The van der Waals surface area contributed by atoms with Crippen molar-refractivity contribution >= 4 is 39.0 Å². The highest BCUT2D eigenvalue weighted by Gasteiger charge is 2.21. The molecule has 0 spiro atoms. The Balaban J connectivity index is 1.31. The molecule has 0 aliphatic heterocycles. The second-order valence-electron chi connectivity index (χ2n) is 9.27. The minimum atomic E-state index is -0.393. The quantitative estimate of drug-likeness (QED) is 0.196. The summed E-state index contributed by atoms with van der Waals surface area (Å²) >= 11 is 3.22. The van der Waals surface area contributed by atoms with Crippen LogP contribution in [-0.2, 0) is 12.8 Å². The molecule has 1 aliphatic carbocycles. The summed E-state index contributed by atoms with van der Waals surface area (Å²) < 4.78 is 2.17. The highest BCUT2D eigenvalue weighted by Crippen LogP contribution is 2.36. The zero-order chi connectivity index (χ0) is 25.7. The van der Waals surface area contributed by atoms with Gasteiger partial charge in [-0.3, -0.25) is 14.9 Å². The lowest BCUT2D eigenvalue weighted by atomic mass is 9.97. The molecule has 0 saturated heterocycles. The van der Waals surface area contributed by atoms with Crippen LogP contribution in [0.25, 0.3) is 27.3 Å². The van der Waals surface area contributed by atoms with Gasteiger partial charge in [-0.1, -0.05) is 11.8 Å². The number of thiophene rings is 1. The van der Waals surface area contributed by atoms with Gasteiger partial charge >= 0.3 is 0 Å². The third-order valence-electron chi connectivity index (χ3n) is 6.89. The molecule has 5 aromatic rings. The zero-order valence-corrected chi connectivity index (χ0v) is 22.0. The summed E-state index contributed by atoms with van der Waals surface area (Å²) in [5.74, 6) is 0.612. The maximum atomic E-state index is 13.1. The molecule has 3 aromatic heterocycles. The van der Waals surface area contributed by atoms with Gasteiger partial charge in [0, 0.05) is 49.4 Å². The molecule has 7 nitrogen and oxygen atoms in total. The number of nitrogens with one attached hydrogen (secondary N) is 1. The third kappa shape index (κ3) is 4.28. The Kier molecular flexibility index (Phi) is 5.97. The van der Waals surface area contributed by atoms with Crippen LogP contribution in [-0.4, -0.2) is 19.5 Å². The van der Waals surface area contributed by atoms with Crippen LogP contribution in [0.3, 0.4) is 0 Å². The van der Waals surface area contributed by atoms with Crippen LogP contribution >= 0.6 is 23.1 Å². The lowest BCUT2D eigenvalue weighted by molar-refractivity contribution is -0.384. The molecule has 2 aromatic carbocycles. The molecular formula is C28H24N4O3S2. The minimum absolute atomic E-state index is 0.0446. The van der Waals surface area contributed by atoms with E-state index in [4.69, 9.17) is 4.98 Å². The van der Waals surface area contributed by atoms with Gasteiger partial charge in [0.1, 0.15) is 10.7 Å². The Morgan fingerprint density at radius 1 is 1.03 bits per heavy atom. The van der Waals surface area contributed by atoms with Crippen molar-refractivity contribution in [3.8, 4) is 17.1 Å². The molecule has 1 aliphatic rings. The van der Waals surface area contributed by atoms with E-state index >= 15 is 0 Å². The summed E-state index contributed by atoms with van der Waals surface area (Å²) in [5, 5.41) is 11.7. The minimum Gasteiger partial charge on any atom is -0.318 e. The number of nitrogens with zero attached hydrogens (tertiary/aromatic N) is 3. The summed E-state index contributed by atoms with van der Waals surface area (Å²) in [6.07, 6.45) is 4.31. The molecule has 186 valence electrons. The summed E-state index contributed by atoms with van der Waals surface area (Å²) in [4.78, 5) is 35.7. The molecule has 3 heterocycles. The first-order chi connectivity index (χ1) is 17.9. The number of nitro benzene ring substituents is 1. The Hall–Kier alpha value is -3.69. The van der Waals surface area contributed by atoms with Crippen molar-refractivity contribution in [3.05, 3.63) is 96.9 Å². The SMILES string of the molecule is Cc1cc(-c2nc3sc4c(c3c(=O)[nH]2)CCCC4)c(C)n1-c1ccc(Sc2ccc([N+](=O)[O-])cc2)cc1. The highest BCUT2D eigenvalue weighted by molar-refractivity contribution is 7.99. The van der Waals surface area contributed by atoms with Crippen molar-refractivity contribution < 1.29 is 4.92 Å². The fraction of sp³-hybridized carbons (Fsp3) is 0.214. The van der Waals surface area contributed by atoms with Gasteiger partial charge in [-0.15, -0.1) is 11.3 Å². The molecule has 0 unspecified atom stereocenters. The predicted octanol–water partition coefficient (Wildman–Crippen LogP) is 7.00. The number of aryl methyl sites for hydroxylation is 3. The average molecular weight is 529 g/mol. The van der Waals surface area contributed by atoms with Crippen LogP contribution in [0.2, 0.25) is 0 Å². The monoisotopic (exact) mass is 528 g/mol. The number of nitro groups is 1. The lowest BCUT2D eigenvalue weighted by Crippen LogP contribution is -2.11. The molecule has 9 heteroatoms. The van der Waals surface area contributed by atoms with Crippen molar-refractivity contribution in [2.45, 2.75) is 49.3 Å². The molecular weight excluding hydrogens is 504 g/mol. The summed E-state index contributed by atoms with van der Waals surface area (Å²) in [6.45, 7) is 4.10. The number of aromatic amines is 1. The fourth-order valence-corrected chi connectivity index (χ4v) is 7.21. The summed E-state index contributed by atoms with van der Waals surface area (Å²) in [5.41, 5.74) is 5.24. The smallest absolute Gasteiger partial charge is 0.269 e. The highest BCUT2D eigenvalue weighted by atomic mass is 32.2. The number of benzene rings is 2. The number of rotatable bonds is 5. The number of H-pyrrole nitrogens is 1. The Labute approximate surface area is 221 Å². The van der Waals surface area contributed by atoms with Gasteiger partial charge in [0.05, 0.1) is 10.3 Å². The van der Waals surface area contributed by atoms with E-state index < -0.39 is 4.92 Å².